The molecule has 2 rings (SSSR count). The number of amides is 3. The van der Waals surface area contributed by atoms with Crippen LogP contribution in [0.2, 0.25) is 0 Å². The van der Waals surface area contributed by atoms with Gasteiger partial charge in [0.2, 0.25) is 11.0 Å². The van der Waals surface area contributed by atoms with Crippen molar-refractivity contribution in [2.24, 2.45) is 5.92 Å². The molecular formula is C15H23N5O5S. The molecule has 2 heterocycles. The Morgan fingerprint density at radius 3 is 2.73 bits per heavy atom. The van der Waals surface area contributed by atoms with Gasteiger partial charge in [0.05, 0.1) is 7.11 Å². The zero-order valence-electron chi connectivity index (χ0n) is 14.9. The van der Waals surface area contributed by atoms with Crippen LogP contribution < -0.4 is 15.4 Å². The van der Waals surface area contributed by atoms with Crippen LogP contribution in [0.25, 0.3) is 0 Å². The Balaban J connectivity index is 2.04. The first-order valence-electron chi connectivity index (χ1n) is 8.30. The molecule has 10 nitrogen and oxygen atoms in total. The van der Waals surface area contributed by atoms with Crippen molar-refractivity contribution in [2.75, 3.05) is 19.0 Å². The number of aliphatic carboxylic acids is 1. The molecule has 3 N–H and O–H groups in total. The van der Waals surface area contributed by atoms with Gasteiger partial charge in [-0.2, -0.15) is 4.98 Å². The number of rotatable bonds is 7. The van der Waals surface area contributed by atoms with Gasteiger partial charge in [0.25, 0.3) is 0 Å². The van der Waals surface area contributed by atoms with Crippen LogP contribution in [-0.2, 0) is 9.59 Å². The molecule has 1 aliphatic heterocycles. The summed E-state index contributed by atoms with van der Waals surface area (Å²) in [5.41, 5.74) is 0. The highest BCUT2D eigenvalue weighted by molar-refractivity contribution is 7.10. The lowest BCUT2D eigenvalue weighted by Gasteiger charge is -2.28. The maximum absolute atomic E-state index is 12.8. The number of hydrogen-bond acceptors (Lipinski definition) is 7. The predicted molar refractivity (Wildman–Crippen MR) is 94.2 cm³/mol. The third-order valence-corrected chi connectivity index (χ3v) is 4.56. The second-order valence-electron chi connectivity index (χ2n) is 6.39. The fourth-order valence-corrected chi connectivity index (χ4v) is 3.35. The zero-order chi connectivity index (χ0) is 19.3. The minimum absolute atomic E-state index is 0.136. The Labute approximate surface area is 155 Å². The normalized spacial score (nSPS) is 17.8. The van der Waals surface area contributed by atoms with Gasteiger partial charge in [-0.05, 0) is 25.2 Å². The second kappa shape index (κ2) is 8.79. The number of aromatic nitrogens is 2. The van der Waals surface area contributed by atoms with Gasteiger partial charge in [0, 0.05) is 18.1 Å². The van der Waals surface area contributed by atoms with E-state index in [9.17, 15) is 19.5 Å². The van der Waals surface area contributed by atoms with Crippen molar-refractivity contribution in [1.82, 2.24) is 19.6 Å². The molecule has 26 heavy (non-hydrogen) atoms. The first-order valence-corrected chi connectivity index (χ1v) is 9.07. The zero-order valence-corrected chi connectivity index (χ0v) is 15.7. The van der Waals surface area contributed by atoms with E-state index in [1.165, 1.54) is 12.0 Å². The highest BCUT2D eigenvalue weighted by atomic mass is 32.1. The number of ether oxygens (including phenoxy) is 1. The SMILES string of the molecule is COc1nsc(NC(=O)N[C@@H](CC(C)C)C(=O)N2CCC[C@H]2C(=O)O)n1. The van der Waals surface area contributed by atoms with Gasteiger partial charge in [-0.1, -0.05) is 13.8 Å². The van der Waals surface area contributed by atoms with Crippen LogP contribution in [0.5, 0.6) is 6.01 Å². The fourth-order valence-electron chi connectivity index (χ4n) is 2.82. The molecule has 2 atom stereocenters. The molecule has 3 amide bonds. The fraction of sp³-hybridized carbons (Fsp3) is 0.667. The number of likely N-dealkylation sites (tertiary alicyclic amines) is 1. The minimum atomic E-state index is -1.02. The smallest absolute Gasteiger partial charge is 0.329 e. The summed E-state index contributed by atoms with van der Waals surface area (Å²) < 4.78 is 8.72. The summed E-state index contributed by atoms with van der Waals surface area (Å²) in [4.78, 5) is 41.6. The number of nitrogens with zero attached hydrogens (tertiary/aromatic N) is 3. The van der Waals surface area contributed by atoms with Crippen LogP contribution >= 0.6 is 11.5 Å². The van der Waals surface area contributed by atoms with Gasteiger partial charge in [0.1, 0.15) is 12.1 Å². The number of carboxylic acid groups (broad SMARTS) is 1. The second-order valence-corrected chi connectivity index (χ2v) is 7.15. The number of carbonyl (C=O) groups excluding carboxylic acids is 2. The first kappa shape index (κ1) is 19.9. The number of urea groups is 1. The monoisotopic (exact) mass is 385 g/mol. The van der Waals surface area contributed by atoms with Crippen molar-refractivity contribution < 1.29 is 24.2 Å². The molecule has 1 aliphatic rings. The summed E-state index contributed by atoms with van der Waals surface area (Å²) in [5, 5.41) is 14.6. The number of carboxylic acids is 1. The molecule has 0 aliphatic carbocycles. The summed E-state index contributed by atoms with van der Waals surface area (Å²) in [6.07, 6.45) is 1.45. The van der Waals surface area contributed by atoms with Crippen LogP contribution in [0.15, 0.2) is 0 Å². The lowest BCUT2D eigenvalue weighted by Crippen LogP contribution is -2.52. The molecule has 1 fully saturated rings. The number of anilines is 1. The van der Waals surface area contributed by atoms with Gasteiger partial charge in [-0.15, -0.1) is 4.37 Å². The number of hydrogen-bond donors (Lipinski definition) is 3. The molecule has 0 aromatic carbocycles. The van der Waals surface area contributed by atoms with Gasteiger partial charge < -0.3 is 20.1 Å². The summed E-state index contributed by atoms with van der Waals surface area (Å²) in [6, 6.07) is -2.12. The molecular weight excluding hydrogens is 362 g/mol. The van der Waals surface area contributed by atoms with E-state index >= 15 is 0 Å². The van der Waals surface area contributed by atoms with Crippen LogP contribution in [0.3, 0.4) is 0 Å². The molecule has 0 spiro atoms. The molecule has 1 saturated heterocycles. The maximum Gasteiger partial charge on any atom is 0.329 e. The van der Waals surface area contributed by atoms with Crippen molar-refractivity contribution in [1.29, 1.82) is 0 Å². The van der Waals surface area contributed by atoms with E-state index in [-0.39, 0.29) is 23.0 Å². The standard InChI is InChI=1S/C15H23N5O5S/c1-8(2)7-9(11(21)20-6-4-5-10(20)12(22)23)16-13(24)17-15-18-14(25-3)19-26-15/h8-10H,4-7H2,1-3H3,(H,22,23)(H2,16,17,18,19,24)/t9-,10-/m0/s1. The third-order valence-electron chi connectivity index (χ3n) is 3.94. The van der Waals surface area contributed by atoms with Gasteiger partial charge >= 0.3 is 18.0 Å². The Kier molecular flexibility index (Phi) is 6.72. The lowest BCUT2D eigenvalue weighted by molar-refractivity contribution is -0.149. The average molecular weight is 385 g/mol. The Morgan fingerprint density at radius 2 is 2.15 bits per heavy atom. The number of carbonyl (C=O) groups is 3. The van der Waals surface area contributed by atoms with E-state index in [4.69, 9.17) is 4.74 Å². The van der Waals surface area contributed by atoms with Crippen LogP contribution in [0.1, 0.15) is 33.1 Å². The highest BCUT2D eigenvalue weighted by Gasteiger charge is 2.37. The van der Waals surface area contributed by atoms with Crippen molar-refractivity contribution in [2.45, 2.75) is 45.2 Å². The molecule has 1 aromatic heterocycles. The molecule has 0 radical (unpaired) electrons. The summed E-state index contributed by atoms with van der Waals surface area (Å²) >= 11 is 0.950. The third kappa shape index (κ3) is 5.04. The first-order chi connectivity index (χ1) is 12.3. The van der Waals surface area contributed by atoms with E-state index in [0.717, 1.165) is 11.5 Å². The van der Waals surface area contributed by atoms with E-state index in [1.54, 1.807) is 0 Å². The van der Waals surface area contributed by atoms with Crippen LogP contribution in [-0.4, -0.2) is 63.0 Å². The van der Waals surface area contributed by atoms with Crippen molar-refractivity contribution in [3.8, 4) is 6.01 Å². The van der Waals surface area contributed by atoms with Gasteiger partial charge in [0.15, 0.2) is 0 Å². The van der Waals surface area contributed by atoms with E-state index < -0.39 is 24.1 Å². The molecule has 1 aromatic rings. The highest BCUT2D eigenvalue weighted by Crippen LogP contribution is 2.21. The Morgan fingerprint density at radius 1 is 1.42 bits per heavy atom. The van der Waals surface area contributed by atoms with E-state index in [2.05, 4.69) is 20.0 Å². The van der Waals surface area contributed by atoms with Gasteiger partial charge in [-0.25, -0.2) is 9.59 Å². The largest absolute Gasteiger partial charge is 0.480 e. The summed E-state index contributed by atoms with van der Waals surface area (Å²) in [7, 11) is 1.41. The van der Waals surface area contributed by atoms with Crippen molar-refractivity contribution in [3.05, 3.63) is 0 Å². The minimum Gasteiger partial charge on any atom is -0.480 e. The molecule has 0 unspecified atom stereocenters. The topological polar surface area (TPSA) is 134 Å². The number of nitrogens with one attached hydrogen (secondary N) is 2. The number of methoxy groups -OCH3 is 1. The summed E-state index contributed by atoms with van der Waals surface area (Å²) in [6.45, 7) is 4.23. The van der Waals surface area contributed by atoms with E-state index in [1.807, 2.05) is 13.8 Å². The maximum atomic E-state index is 12.8. The molecule has 11 heteroatoms. The average Bonchev–Trinajstić information content (AvgIpc) is 3.21. The Hall–Kier alpha value is -2.43. The van der Waals surface area contributed by atoms with Crippen LogP contribution in [0.4, 0.5) is 9.93 Å². The quantitative estimate of drug-likeness (QED) is 0.641. The Bertz CT molecular complexity index is 665. The van der Waals surface area contributed by atoms with Crippen molar-refractivity contribution >= 4 is 34.6 Å². The van der Waals surface area contributed by atoms with E-state index in [0.29, 0.717) is 25.8 Å². The predicted octanol–water partition coefficient (Wildman–Crippen LogP) is 1.16. The molecule has 144 valence electrons. The van der Waals surface area contributed by atoms with Crippen LogP contribution in [0, 0.1) is 5.92 Å². The lowest BCUT2D eigenvalue weighted by atomic mass is 10.0. The summed E-state index contributed by atoms with van der Waals surface area (Å²) in [5.74, 6) is -1.27. The van der Waals surface area contributed by atoms with Crippen molar-refractivity contribution in [3.63, 3.8) is 0 Å². The molecule has 0 bridgehead atoms. The molecule has 0 saturated carbocycles. The van der Waals surface area contributed by atoms with Gasteiger partial charge in [-0.3, -0.25) is 10.1 Å².